The van der Waals surface area contributed by atoms with Gasteiger partial charge in [0.1, 0.15) is 0 Å². The van der Waals surface area contributed by atoms with E-state index in [4.69, 9.17) is 0 Å². The molecule has 0 aromatic carbocycles. The van der Waals surface area contributed by atoms with Crippen LogP contribution >= 0.6 is 15.9 Å². The first-order valence-corrected chi connectivity index (χ1v) is 6.61. The molecule has 0 N–H and O–H groups in total. The standard InChI is InChI=1S/C11H20BrN/c1-13(7-10-3-2-4-10)9-11(8-12)5-6-11/h10H,2-9H2,1H3. The van der Waals surface area contributed by atoms with Crippen molar-refractivity contribution in [2.75, 3.05) is 25.5 Å². The second kappa shape index (κ2) is 3.90. The zero-order chi connectivity index (χ0) is 9.31. The Balaban J connectivity index is 1.68. The average Bonchev–Trinajstić information content (AvgIpc) is 2.78. The van der Waals surface area contributed by atoms with E-state index in [9.17, 15) is 0 Å². The molecule has 0 aromatic heterocycles. The SMILES string of the molecule is CN(CC1CCC1)CC1(CBr)CC1. The molecule has 0 amide bonds. The minimum Gasteiger partial charge on any atom is -0.306 e. The van der Waals surface area contributed by atoms with Crippen molar-refractivity contribution in [2.24, 2.45) is 11.3 Å². The first-order chi connectivity index (χ1) is 6.24. The molecule has 0 bridgehead atoms. The van der Waals surface area contributed by atoms with Crippen LogP contribution in [0.15, 0.2) is 0 Å². The molecule has 2 aliphatic carbocycles. The summed E-state index contributed by atoms with van der Waals surface area (Å²) in [7, 11) is 2.29. The van der Waals surface area contributed by atoms with Gasteiger partial charge >= 0.3 is 0 Å². The fourth-order valence-corrected chi connectivity index (χ4v) is 3.00. The van der Waals surface area contributed by atoms with Crippen molar-refractivity contribution in [1.29, 1.82) is 0 Å². The molecule has 2 heteroatoms. The maximum absolute atomic E-state index is 3.63. The summed E-state index contributed by atoms with van der Waals surface area (Å²) in [4.78, 5) is 2.55. The Morgan fingerprint density at radius 1 is 1.38 bits per heavy atom. The van der Waals surface area contributed by atoms with Crippen molar-refractivity contribution in [2.45, 2.75) is 32.1 Å². The normalized spacial score (nSPS) is 26.1. The van der Waals surface area contributed by atoms with E-state index in [-0.39, 0.29) is 0 Å². The summed E-state index contributed by atoms with van der Waals surface area (Å²) in [5, 5.41) is 1.20. The van der Waals surface area contributed by atoms with Gasteiger partial charge in [-0.25, -0.2) is 0 Å². The van der Waals surface area contributed by atoms with E-state index >= 15 is 0 Å². The predicted octanol–water partition coefficient (Wildman–Crippen LogP) is 2.89. The molecule has 0 saturated heterocycles. The lowest BCUT2D eigenvalue weighted by atomic mass is 9.85. The molecule has 0 unspecified atom stereocenters. The number of nitrogens with zero attached hydrogens (tertiary/aromatic N) is 1. The number of hydrogen-bond acceptors (Lipinski definition) is 1. The first kappa shape index (κ1) is 9.97. The number of alkyl halides is 1. The number of rotatable bonds is 5. The second-order valence-electron chi connectivity index (χ2n) is 5.13. The fourth-order valence-electron chi connectivity index (χ4n) is 2.26. The van der Waals surface area contributed by atoms with Crippen LogP contribution in [-0.4, -0.2) is 30.4 Å². The molecule has 2 fully saturated rings. The summed E-state index contributed by atoms with van der Waals surface area (Å²) in [6.45, 7) is 2.66. The van der Waals surface area contributed by atoms with Crippen LogP contribution in [0.3, 0.4) is 0 Å². The Hall–Kier alpha value is 0.440. The third kappa shape index (κ3) is 2.47. The Labute approximate surface area is 90.0 Å². The smallest absolute Gasteiger partial charge is 0.0100 e. The zero-order valence-electron chi connectivity index (χ0n) is 8.56. The van der Waals surface area contributed by atoms with Crippen molar-refractivity contribution in [3.05, 3.63) is 0 Å². The van der Waals surface area contributed by atoms with Crippen LogP contribution in [0.5, 0.6) is 0 Å². The number of halogens is 1. The molecular formula is C11H20BrN. The van der Waals surface area contributed by atoms with Crippen molar-refractivity contribution in [3.63, 3.8) is 0 Å². The van der Waals surface area contributed by atoms with Crippen molar-refractivity contribution in [1.82, 2.24) is 4.90 Å². The minimum atomic E-state index is 0.665. The highest BCUT2D eigenvalue weighted by molar-refractivity contribution is 9.09. The molecule has 0 aromatic rings. The molecular weight excluding hydrogens is 226 g/mol. The van der Waals surface area contributed by atoms with E-state index in [1.54, 1.807) is 0 Å². The largest absolute Gasteiger partial charge is 0.306 e. The molecule has 1 nitrogen and oxygen atoms in total. The molecule has 2 saturated carbocycles. The highest BCUT2D eigenvalue weighted by atomic mass is 79.9. The van der Waals surface area contributed by atoms with Gasteiger partial charge in [0.2, 0.25) is 0 Å². The Bertz CT molecular complexity index is 173. The lowest BCUT2D eigenvalue weighted by molar-refractivity contribution is 0.185. The molecule has 0 atom stereocenters. The summed E-state index contributed by atoms with van der Waals surface area (Å²) < 4.78 is 0. The van der Waals surface area contributed by atoms with Gasteiger partial charge < -0.3 is 4.90 Å². The molecule has 13 heavy (non-hydrogen) atoms. The Kier molecular flexibility index (Phi) is 2.99. The van der Waals surface area contributed by atoms with Crippen LogP contribution in [0.25, 0.3) is 0 Å². The van der Waals surface area contributed by atoms with Crippen LogP contribution in [0.4, 0.5) is 0 Å². The maximum Gasteiger partial charge on any atom is 0.0100 e. The van der Waals surface area contributed by atoms with Gasteiger partial charge in [-0.15, -0.1) is 0 Å². The van der Waals surface area contributed by atoms with Gasteiger partial charge in [-0.1, -0.05) is 22.4 Å². The predicted molar refractivity (Wildman–Crippen MR) is 60.3 cm³/mol. The third-order valence-corrected chi connectivity index (χ3v) is 4.83. The maximum atomic E-state index is 3.63. The van der Waals surface area contributed by atoms with E-state index in [1.807, 2.05) is 0 Å². The molecule has 76 valence electrons. The van der Waals surface area contributed by atoms with Crippen molar-refractivity contribution >= 4 is 15.9 Å². The van der Waals surface area contributed by atoms with Gasteiger partial charge in [0, 0.05) is 18.4 Å². The van der Waals surface area contributed by atoms with Gasteiger partial charge in [0.05, 0.1) is 0 Å². The topological polar surface area (TPSA) is 3.24 Å². The van der Waals surface area contributed by atoms with Crippen molar-refractivity contribution < 1.29 is 0 Å². The summed E-state index contributed by atoms with van der Waals surface area (Å²) in [5.74, 6) is 1.02. The van der Waals surface area contributed by atoms with Gasteiger partial charge in [0.15, 0.2) is 0 Å². The van der Waals surface area contributed by atoms with Gasteiger partial charge in [0.25, 0.3) is 0 Å². The van der Waals surface area contributed by atoms with E-state index < -0.39 is 0 Å². The van der Waals surface area contributed by atoms with E-state index in [2.05, 4.69) is 27.9 Å². The third-order valence-electron chi connectivity index (χ3n) is 3.64. The Morgan fingerprint density at radius 3 is 2.46 bits per heavy atom. The van der Waals surface area contributed by atoms with Gasteiger partial charge in [-0.3, -0.25) is 0 Å². The summed E-state index contributed by atoms with van der Waals surface area (Å²) >= 11 is 3.63. The van der Waals surface area contributed by atoms with E-state index in [0.29, 0.717) is 5.41 Å². The monoisotopic (exact) mass is 245 g/mol. The van der Waals surface area contributed by atoms with Crippen molar-refractivity contribution in [3.8, 4) is 0 Å². The van der Waals surface area contributed by atoms with Crippen LogP contribution in [0.1, 0.15) is 32.1 Å². The highest BCUT2D eigenvalue weighted by Crippen LogP contribution is 2.47. The van der Waals surface area contributed by atoms with Crippen LogP contribution in [-0.2, 0) is 0 Å². The fraction of sp³-hybridized carbons (Fsp3) is 1.00. The summed E-state index contributed by atoms with van der Waals surface area (Å²) in [6, 6.07) is 0. The molecule has 0 heterocycles. The number of hydrogen-bond donors (Lipinski definition) is 0. The molecule has 0 spiro atoms. The van der Waals surface area contributed by atoms with Crippen LogP contribution in [0.2, 0.25) is 0 Å². The second-order valence-corrected chi connectivity index (χ2v) is 5.69. The summed E-state index contributed by atoms with van der Waals surface area (Å²) in [5.41, 5.74) is 0.665. The van der Waals surface area contributed by atoms with Crippen LogP contribution < -0.4 is 0 Å². The lowest BCUT2D eigenvalue weighted by Gasteiger charge is -2.31. The van der Waals surface area contributed by atoms with E-state index in [1.165, 1.54) is 50.5 Å². The van der Waals surface area contributed by atoms with Gasteiger partial charge in [-0.05, 0) is 44.1 Å². The average molecular weight is 246 g/mol. The highest BCUT2D eigenvalue weighted by Gasteiger charge is 2.42. The Morgan fingerprint density at radius 2 is 2.08 bits per heavy atom. The van der Waals surface area contributed by atoms with Crippen LogP contribution in [0, 0.1) is 11.3 Å². The first-order valence-electron chi connectivity index (χ1n) is 5.49. The van der Waals surface area contributed by atoms with Gasteiger partial charge in [-0.2, -0.15) is 0 Å². The minimum absolute atomic E-state index is 0.665. The quantitative estimate of drug-likeness (QED) is 0.674. The zero-order valence-corrected chi connectivity index (χ0v) is 10.1. The molecule has 0 aliphatic heterocycles. The van der Waals surface area contributed by atoms with E-state index in [0.717, 1.165) is 5.92 Å². The lowest BCUT2D eigenvalue weighted by Crippen LogP contribution is -2.34. The molecule has 2 aliphatic rings. The molecule has 2 rings (SSSR count). The molecule has 0 radical (unpaired) electrons. The summed E-state index contributed by atoms with van der Waals surface area (Å²) in [6.07, 6.45) is 7.31.